The average molecular weight is 183 g/mol. The number of amides is 1. The summed E-state index contributed by atoms with van der Waals surface area (Å²) >= 11 is 0. The second-order valence-corrected chi connectivity index (χ2v) is 4.15. The van der Waals surface area contributed by atoms with E-state index in [1.165, 1.54) is 6.42 Å². The van der Waals surface area contributed by atoms with Crippen molar-refractivity contribution in [3.63, 3.8) is 0 Å². The van der Waals surface area contributed by atoms with E-state index in [-0.39, 0.29) is 11.8 Å². The van der Waals surface area contributed by atoms with Gasteiger partial charge in [0.2, 0.25) is 5.91 Å². The Morgan fingerprint density at radius 1 is 1.38 bits per heavy atom. The summed E-state index contributed by atoms with van der Waals surface area (Å²) in [6, 6.07) is 0. The summed E-state index contributed by atoms with van der Waals surface area (Å²) in [4.78, 5) is 17.1. The third-order valence-electron chi connectivity index (χ3n) is 2.93. The van der Waals surface area contributed by atoms with Crippen LogP contribution in [0.25, 0.3) is 0 Å². The largest absolute Gasteiger partial charge is 0.272 e. The van der Waals surface area contributed by atoms with Crippen molar-refractivity contribution in [2.75, 3.05) is 13.2 Å². The van der Waals surface area contributed by atoms with Gasteiger partial charge in [-0.05, 0) is 31.6 Å². The number of carbonyl (C=O) groups excluding carboxylic acids is 1. The highest BCUT2D eigenvalue weighted by Gasteiger charge is 2.42. The summed E-state index contributed by atoms with van der Waals surface area (Å²) < 4.78 is 0. The highest BCUT2D eigenvalue weighted by molar-refractivity contribution is 5.80. The van der Waals surface area contributed by atoms with Gasteiger partial charge < -0.3 is 0 Å². The molecule has 0 radical (unpaired) electrons. The van der Waals surface area contributed by atoms with Gasteiger partial charge in [-0.3, -0.25) is 9.63 Å². The first-order valence-corrected chi connectivity index (χ1v) is 5.23. The summed E-state index contributed by atoms with van der Waals surface area (Å²) in [6.07, 6.45) is 4.42. The van der Waals surface area contributed by atoms with E-state index in [2.05, 4.69) is 6.92 Å². The lowest BCUT2D eigenvalue weighted by molar-refractivity contribution is -0.185. The number of nitrogens with zero attached hydrogens (tertiary/aromatic N) is 1. The van der Waals surface area contributed by atoms with Gasteiger partial charge in [0.1, 0.15) is 0 Å². The molecule has 3 heteroatoms. The van der Waals surface area contributed by atoms with E-state index >= 15 is 0 Å². The fourth-order valence-corrected chi connectivity index (χ4v) is 1.80. The van der Waals surface area contributed by atoms with Crippen LogP contribution in [0.2, 0.25) is 0 Å². The van der Waals surface area contributed by atoms with Crippen LogP contribution in [0.4, 0.5) is 0 Å². The molecule has 1 saturated carbocycles. The van der Waals surface area contributed by atoms with Gasteiger partial charge in [-0.25, -0.2) is 5.06 Å². The molecule has 2 rings (SSSR count). The first-order chi connectivity index (χ1) is 6.29. The Morgan fingerprint density at radius 3 is 2.85 bits per heavy atom. The zero-order valence-electron chi connectivity index (χ0n) is 8.16. The smallest absolute Gasteiger partial charge is 0.249 e. The minimum absolute atomic E-state index is 0.217. The Bertz CT molecular complexity index is 197. The lowest BCUT2D eigenvalue weighted by atomic mass is 10.2. The molecule has 0 aromatic rings. The van der Waals surface area contributed by atoms with Crippen LogP contribution in [-0.4, -0.2) is 24.1 Å². The third-order valence-corrected chi connectivity index (χ3v) is 2.93. The van der Waals surface area contributed by atoms with Gasteiger partial charge >= 0.3 is 0 Å². The SMILES string of the molecule is CC1CC1C(=O)N1CCCCCO1. The Labute approximate surface area is 79.0 Å². The van der Waals surface area contributed by atoms with Gasteiger partial charge in [0.05, 0.1) is 6.61 Å². The summed E-state index contributed by atoms with van der Waals surface area (Å²) in [5.41, 5.74) is 0. The second-order valence-electron chi connectivity index (χ2n) is 4.15. The zero-order chi connectivity index (χ0) is 9.26. The van der Waals surface area contributed by atoms with Gasteiger partial charge in [-0.2, -0.15) is 0 Å². The quantitative estimate of drug-likeness (QED) is 0.617. The molecule has 3 nitrogen and oxygen atoms in total. The van der Waals surface area contributed by atoms with Crippen molar-refractivity contribution in [1.82, 2.24) is 5.06 Å². The van der Waals surface area contributed by atoms with Crippen LogP contribution in [0.3, 0.4) is 0 Å². The van der Waals surface area contributed by atoms with E-state index in [0.717, 1.165) is 25.8 Å². The van der Waals surface area contributed by atoms with Crippen LogP contribution in [0.1, 0.15) is 32.6 Å². The van der Waals surface area contributed by atoms with E-state index in [1.807, 2.05) is 0 Å². The van der Waals surface area contributed by atoms with Crippen molar-refractivity contribution in [2.24, 2.45) is 11.8 Å². The summed E-state index contributed by atoms with van der Waals surface area (Å²) in [7, 11) is 0. The molecule has 0 bridgehead atoms. The van der Waals surface area contributed by atoms with Crippen LogP contribution in [0, 0.1) is 11.8 Å². The Morgan fingerprint density at radius 2 is 2.15 bits per heavy atom. The Hall–Kier alpha value is -0.570. The van der Waals surface area contributed by atoms with E-state index in [4.69, 9.17) is 4.84 Å². The molecular weight excluding hydrogens is 166 g/mol. The predicted molar refractivity (Wildman–Crippen MR) is 48.8 cm³/mol. The molecule has 0 aromatic carbocycles. The van der Waals surface area contributed by atoms with Crippen LogP contribution >= 0.6 is 0 Å². The number of rotatable bonds is 1. The van der Waals surface area contributed by atoms with Gasteiger partial charge in [0, 0.05) is 12.5 Å². The maximum atomic E-state index is 11.7. The summed E-state index contributed by atoms with van der Waals surface area (Å²) in [5.74, 6) is 1.06. The minimum Gasteiger partial charge on any atom is -0.272 e. The molecule has 0 N–H and O–H groups in total. The van der Waals surface area contributed by atoms with Crippen molar-refractivity contribution < 1.29 is 9.63 Å². The Kier molecular flexibility index (Phi) is 2.54. The fourth-order valence-electron chi connectivity index (χ4n) is 1.80. The molecule has 74 valence electrons. The van der Waals surface area contributed by atoms with Crippen molar-refractivity contribution in [2.45, 2.75) is 32.6 Å². The molecule has 2 unspecified atom stereocenters. The molecule has 1 amide bonds. The molecule has 2 atom stereocenters. The third kappa shape index (κ3) is 2.02. The molecule has 2 fully saturated rings. The molecule has 0 spiro atoms. The van der Waals surface area contributed by atoms with Gasteiger partial charge in [0.25, 0.3) is 0 Å². The number of hydrogen-bond acceptors (Lipinski definition) is 2. The van der Waals surface area contributed by atoms with Crippen molar-refractivity contribution in [3.8, 4) is 0 Å². The first kappa shape index (κ1) is 9.00. The second kappa shape index (κ2) is 3.66. The van der Waals surface area contributed by atoms with Gasteiger partial charge in [0.15, 0.2) is 0 Å². The van der Waals surface area contributed by atoms with Crippen molar-refractivity contribution in [1.29, 1.82) is 0 Å². The minimum atomic E-state index is 0.217. The number of carbonyl (C=O) groups is 1. The highest BCUT2D eigenvalue weighted by atomic mass is 16.7. The molecule has 2 aliphatic rings. The standard InChI is InChI=1S/C10H17NO2/c1-8-7-9(8)10(12)11-5-3-2-4-6-13-11/h8-9H,2-7H2,1H3. The van der Waals surface area contributed by atoms with Crippen LogP contribution in [0.15, 0.2) is 0 Å². The zero-order valence-corrected chi connectivity index (χ0v) is 8.16. The monoisotopic (exact) mass is 183 g/mol. The predicted octanol–water partition coefficient (Wildman–Crippen LogP) is 1.59. The van der Waals surface area contributed by atoms with Gasteiger partial charge in [-0.15, -0.1) is 0 Å². The first-order valence-electron chi connectivity index (χ1n) is 5.23. The molecule has 1 heterocycles. The normalized spacial score (nSPS) is 34.1. The lowest BCUT2D eigenvalue weighted by Crippen LogP contribution is -2.32. The fraction of sp³-hybridized carbons (Fsp3) is 0.900. The summed E-state index contributed by atoms with van der Waals surface area (Å²) in [5, 5.41) is 1.60. The molecule has 0 aromatic heterocycles. The van der Waals surface area contributed by atoms with Gasteiger partial charge in [-0.1, -0.05) is 6.92 Å². The maximum absolute atomic E-state index is 11.7. The molecule has 13 heavy (non-hydrogen) atoms. The maximum Gasteiger partial charge on any atom is 0.249 e. The van der Waals surface area contributed by atoms with E-state index in [9.17, 15) is 4.79 Å². The average Bonchev–Trinajstić information content (AvgIpc) is 2.86. The topological polar surface area (TPSA) is 29.5 Å². The molecule has 1 saturated heterocycles. The van der Waals surface area contributed by atoms with E-state index in [1.54, 1.807) is 5.06 Å². The van der Waals surface area contributed by atoms with E-state index in [0.29, 0.717) is 12.5 Å². The van der Waals surface area contributed by atoms with Crippen molar-refractivity contribution >= 4 is 5.91 Å². The van der Waals surface area contributed by atoms with Crippen LogP contribution in [-0.2, 0) is 9.63 Å². The van der Waals surface area contributed by atoms with Crippen LogP contribution in [0.5, 0.6) is 0 Å². The molecular formula is C10H17NO2. The highest BCUT2D eigenvalue weighted by Crippen LogP contribution is 2.39. The van der Waals surface area contributed by atoms with Crippen LogP contribution < -0.4 is 0 Å². The lowest BCUT2D eigenvalue weighted by Gasteiger charge is -2.18. The Balaban J connectivity index is 1.87. The molecule has 1 aliphatic carbocycles. The van der Waals surface area contributed by atoms with E-state index < -0.39 is 0 Å². The number of hydroxylamine groups is 2. The molecule has 1 aliphatic heterocycles. The number of hydrogen-bond donors (Lipinski definition) is 0. The van der Waals surface area contributed by atoms with Crippen molar-refractivity contribution in [3.05, 3.63) is 0 Å². The summed E-state index contributed by atoms with van der Waals surface area (Å²) in [6.45, 7) is 3.63.